The number of nitrogens with one attached hydrogen (secondary N) is 1. The summed E-state index contributed by atoms with van der Waals surface area (Å²) < 4.78 is 6.19. The Morgan fingerprint density at radius 2 is 1.77 bits per heavy atom. The van der Waals surface area contributed by atoms with Gasteiger partial charge in [-0.2, -0.15) is 0 Å². The van der Waals surface area contributed by atoms with E-state index < -0.39 is 0 Å². The van der Waals surface area contributed by atoms with Crippen molar-refractivity contribution in [3.63, 3.8) is 0 Å². The highest BCUT2D eigenvalue weighted by Gasteiger charge is 2.25. The monoisotopic (exact) mass is 518 g/mol. The van der Waals surface area contributed by atoms with Gasteiger partial charge in [0.05, 0.1) is 10.6 Å². The number of ether oxygens (including phenoxy) is 1. The number of fused-ring (bicyclic) bond motifs is 1. The molecule has 0 aromatic heterocycles. The number of rotatable bonds is 5. The van der Waals surface area contributed by atoms with Crippen molar-refractivity contribution in [1.29, 1.82) is 0 Å². The minimum Gasteiger partial charge on any atom is -0.488 e. The summed E-state index contributed by atoms with van der Waals surface area (Å²) in [6.07, 6.45) is 1.87. The normalized spacial score (nSPS) is 15.7. The molecule has 1 aliphatic heterocycles. The Labute approximate surface area is 217 Å². The Morgan fingerprint density at radius 3 is 2.60 bits per heavy atom. The van der Waals surface area contributed by atoms with Crippen molar-refractivity contribution < 1.29 is 9.53 Å². The van der Waals surface area contributed by atoms with Crippen molar-refractivity contribution in [2.45, 2.75) is 13.5 Å². The van der Waals surface area contributed by atoms with Crippen LogP contribution in [-0.2, 0) is 11.4 Å². The fourth-order valence-corrected chi connectivity index (χ4v) is 4.84. The molecular formula is C28H20Cl2N2O2S. The third-order valence-corrected chi connectivity index (χ3v) is 7.20. The molecule has 1 heterocycles. The van der Waals surface area contributed by atoms with Crippen molar-refractivity contribution >= 4 is 68.6 Å². The van der Waals surface area contributed by atoms with Crippen LogP contribution in [0.4, 0.5) is 5.69 Å². The van der Waals surface area contributed by atoms with Gasteiger partial charge in [0.1, 0.15) is 12.4 Å². The molecule has 1 amide bonds. The molecule has 0 aliphatic carbocycles. The quantitative estimate of drug-likeness (QED) is 0.273. The number of hydrogen-bond acceptors (Lipinski definition) is 4. The highest BCUT2D eigenvalue weighted by molar-refractivity contribution is 8.18. The van der Waals surface area contributed by atoms with E-state index in [1.165, 1.54) is 11.8 Å². The Hall–Kier alpha value is -3.25. The molecule has 0 unspecified atom stereocenters. The van der Waals surface area contributed by atoms with E-state index in [1.54, 1.807) is 0 Å². The molecule has 7 heteroatoms. The van der Waals surface area contributed by atoms with E-state index in [2.05, 4.69) is 10.3 Å². The van der Waals surface area contributed by atoms with Gasteiger partial charge in [0.15, 0.2) is 5.17 Å². The Morgan fingerprint density at radius 1 is 0.971 bits per heavy atom. The molecule has 5 rings (SSSR count). The van der Waals surface area contributed by atoms with Gasteiger partial charge in [0.25, 0.3) is 5.91 Å². The van der Waals surface area contributed by atoms with Gasteiger partial charge in [0, 0.05) is 15.6 Å². The fourth-order valence-electron chi connectivity index (χ4n) is 3.73. The van der Waals surface area contributed by atoms with Gasteiger partial charge < -0.3 is 10.1 Å². The van der Waals surface area contributed by atoms with Crippen LogP contribution < -0.4 is 10.1 Å². The van der Waals surface area contributed by atoms with E-state index in [1.807, 2.05) is 91.9 Å². The molecule has 1 fully saturated rings. The fraction of sp³-hybridized carbons (Fsp3) is 0.0714. The maximum Gasteiger partial charge on any atom is 0.264 e. The Kier molecular flexibility index (Phi) is 6.82. The molecule has 1 N–H and O–H groups in total. The van der Waals surface area contributed by atoms with Crippen molar-refractivity contribution in [3.05, 3.63) is 111 Å². The number of thioether (sulfide) groups is 1. The first-order valence-electron chi connectivity index (χ1n) is 10.9. The summed E-state index contributed by atoms with van der Waals surface area (Å²) in [6, 6.07) is 25.1. The minimum absolute atomic E-state index is 0.204. The van der Waals surface area contributed by atoms with Gasteiger partial charge >= 0.3 is 0 Å². The number of carbonyl (C=O) groups is 1. The molecular weight excluding hydrogens is 499 g/mol. The molecule has 4 aromatic carbocycles. The Balaban J connectivity index is 1.49. The summed E-state index contributed by atoms with van der Waals surface area (Å²) in [7, 11) is 0. The van der Waals surface area contributed by atoms with Crippen molar-refractivity contribution in [2.24, 2.45) is 4.99 Å². The number of carbonyl (C=O) groups excluding carboxylic acids is 1. The zero-order valence-corrected chi connectivity index (χ0v) is 21.0. The van der Waals surface area contributed by atoms with Crippen LogP contribution in [0.5, 0.6) is 5.75 Å². The van der Waals surface area contributed by atoms with E-state index in [4.69, 9.17) is 27.9 Å². The van der Waals surface area contributed by atoms with Crippen molar-refractivity contribution in [3.8, 4) is 5.75 Å². The van der Waals surface area contributed by atoms with E-state index in [0.29, 0.717) is 32.5 Å². The first kappa shape index (κ1) is 23.5. The lowest BCUT2D eigenvalue weighted by Gasteiger charge is -2.13. The standard InChI is InChI=1S/C28H20Cl2N2O2S/c1-17-23(30)7-4-8-24(17)31-28-32-27(33)26(35-28)15-22-21-6-3-2-5-19(21)11-14-25(22)34-16-18-9-12-20(29)13-10-18/h2-15H,16H2,1H3,(H,31,32,33)/b26-15+. The predicted molar refractivity (Wildman–Crippen MR) is 147 cm³/mol. The third kappa shape index (κ3) is 5.22. The number of amidine groups is 1. The predicted octanol–water partition coefficient (Wildman–Crippen LogP) is 7.93. The lowest BCUT2D eigenvalue weighted by molar-refractivity contribution is -0.115. The largest absolute Gasteiger partial charge is 0.488 e. The molecule has 4 aromatic rings. The number of halogens is 2. The molecule has 0 saturated carbocycles. The second-order valence-electron chi connectivity index (χ2n) is 7.98. The molecule has 0 atom stereocenters. The number of aliphatic imine (C=N–C) groups is 1. The number of amides is 1. The van der Waals surface area contributed by atoms with Crippen LogP contribution in [0.3, 0.4) is 0 Å². The summed E-state index contributed by atoms with van der Waals surface area (Å²) in [5, 5.41) is 6.74. The SMILES string of the molecule is Cc1c(Cl)cccc1N=C1NC(=O)/C(=C\c2c(OCc3ccc(Cl)cc3)ccc3ccccc23)S1. The highest BCUT2D eigenvalue weighted by atomic mass is 35.5. The van der Waals surface area contributed by atoms with E-state index >= 15 is 0 Å². The zero-order chi connectivity index (χ0) is 24.4. The first-order chi connectivity index (χ1) is 17.0. The summed E-state index contributed by atoms with van der Waals surface area (Å²) in [5.74, 6) is 0.487. The second kappa shape index (κ2) is 10.2. The van der Waals surface area contributed by atoms with Crippen LogP contribution in [0.25, 0.3) is 16.8 Å². The summed E-state index contributed by atoms with van der Waals surface area (Å²) in [6.45, 7) is 2.28. The first-order valence-corrected chi connectivity index (χ1v) is 12.5. The smallest absolute Gasteiger partial charge is 0.264 e. The second-order valence-corrected chi connectivity index (χ2v) is 9.85. The lowest BCUT2D eigenvalue weighted by atomic mass is 10.0. The molecule has 1 aliphatic rings. The number of nitrogens with zero attached hydrogens (tertiary/aromatic N) is 1. The molecule has 0 radical (unpaired) electrons. The van der Waals surface area contributed by atoms with Gasteiger partial charge in [-0.15, -0.1) is 0 Å². The molecule has 1 saturated heterocycles. The third-order valence-electron chi connectivity index (χ3n) is 5.63. The zero-order valence-electron chi connectivity index (χ0n) is 18.7. The molecule has 4 nitrogen and oxygen atoms in total. The summed E-state index contributed by atoms with van der Waals surface area (Å²) in [4.78, 5) is 18.0. The molecule has 35 heavy (non-hydrogen) atoms. The maximum absolute atomic E-state index is 12.8. The maximum atomic E-state index is 12.8. The van der Waals surface area contributed by atoms with Crippen LogP contribution in [0.15, 0.2) is 88.8 Å². The summed E-state index contributed by atoms with van der Waals surface area (Å²) >= 11 is 13.5. The van der Waals surface area contributed by atoms with Gasteiger partial charge in [-0.3, -0.25) is 4.79 Å². The molecule has 174 valence electrons. The summed E-state index contributed by atoms with van der Waals surface area (Å²) in [5.41, 5.74) is 3.43. The topological polar surface area (TPSA) is 50.7 Å². The van der Waals surface area contributed by atoms with Gasteiger partial charge in [-0.1, -0.05) is 71.7 Å². The van der Waals surface area contributed by atoms with Crippen LogP contribution in [0, 0.1) is 6.92 Å². The Bertz CT molecular complexity index is 1500. The molecule has 0 spiro atoms. The molecule has 0 bridgehead atoms. The minimum atomic E-state index is -0.204. The average Bonchev–Trinajstić information content (AvgIpc) is 3.21. The van der Waals surface area contributed by atoms with Crippen molar-refractivity contribution in [2.75, 3.05) is 0 Å². The average molecular weight is 519 g/mol. The lowest BCUT2D eigenvalue weighted by Crippen LogP contribution is -2.19. The van der Waals surface area contributed by atoms with E-state index in [-0.39, 0.29) is 5.91 Å². The number of hydrogen-bond donors (Lipinski definition) is 1. The highest BCUT2D eigenvalue weighted by Crippen LogP contribution is 2.36. The van der Waals surface area contributed by atoms with Crippen LogP contribution in [-0.4, -0.2) is 11.1 Å². The van der Waals surface area contributed by atoms with Gasteiger partial charge in [0.2, 0.25) is 0 Å². The van der Waals surface area contributed by atoms with E-state index in [0.717, 1.165) is 33.2 Å². The number of benzene rings is 4. The van der Waals surface area contributed by atoms with Crippen LogP contribution >= 0.6 is 35.0 Å². The van der Waals surface area contributed by atoms with Crippen LogP contribution in [0.2, 0.25) is 10.0 Å². The van der Waals surface area contributed by atoms with Crippen LogP contribution in [0.1, 0.15) is 16.7 Å². The van der Waals surface area contributed by atoms with Gasteiger partial charge in [-0.05, 0) is 77.0 Å². The van der Waals surface area contributed by atoms with Crippen molar-refractivity contribution in [1.82, 2.24) is 5.32 Å². The van der Waals surface area contributed by atoms with Gasteiger partial charge in [-0.25, -0.2) is 4.99 Å². The van der Waals surface area contributed by atoms with E-state index in [9.17, 15) is 4.79 Å².